The number of hydrogen-bond donors (Lipinski definition) is 3. The first-order valence-corrected chi connectivity index (χ1v) is 13.7. The van der Waals surface area contributed by atoms with Crippen molar-refractivity contribution in [2.24, 2.45) is 0 Å². The third-order valence-corrected chi connectivity index (χ3v) is 7.21. The van der Waals surface area contributed by atoms with Gasteiger partial charge in [0.05, 0.1) is 12.8 Å². The SMILES string of the molecule is COc1ccc(C(=O)Nc2cccc(O)c2NC(=O)c2ccc(N3CCCN(Cc4ccccc4)CC3)cc2)cc1. The second-order valence-electron chi connectivity index (χ2n) is 9.99. The molecule has 0 aliphatic carbocycles. The predicted molar refractivity (Wildman–Crippen MR) is 162 cm³/mol. The molecule has 1 aliphatic rings. The van der Waals surface area contributed by atoms with Gasteiger partial charge in [-0.1, -0.05) is 36.4 Å². The molecular weight excluding hydrogens is 516 g/mol. The van der Waals surface area contributed by atoms with Crippen LogP contribution in [-0.2, 0) is 6.54 Å². The Labute approximate surface area is 240 Å². The Kier molecular flexibility index (Phi) is 8.81. The molecule has 0 bridgehead atoms. The minimum absolute atomic E-state index is 0.134. The fourth-order valence-electron chi connectivity index (χ4n) is 4.95. The van der Waals surface area contributed by atoms with Gasteiger partial charge in [-0.3, -0.25) is 14.5 Å². The summed E-state index contributed by atoms with van der Waals surface area (Å²) in [6.07, 6.45) is 1.06. The van der Waals surface area contributed by atoms with Crippen LogP contribution in [0.3, 0.4) is 0 Å². The van der Waals surface area contributed by atoms with E-state index in [9.17, 15) is 14.7 Å². The number of nitrogens with zero attached hydrogens (tertiary/aromatic N) is 2. The van der Waals surface area contributed by atoms with Crippen LogP contribution < -0.4 is 20.3 Å². The highest BCUT2D eigenvalue weighted by Gasteiger charge is 2.18. The highest BCUT2D eigenvalue weighted by atomic mass is 16.5. The molecule has 4 aromatic carbocycles. The van der Waals surface area contributed by atoms with Gasteiger partial charge in [0.15, 0.2) is 0 Å². The summed E-state index contributed by atoms with van der Waals surface area (Å²) in [5, 5.41) is 16.0. The van der Waals surface area contributed by atoms with Crippen LogP contribution in [0.2, 0.25) is 0 Å². The van der Waals surface area contributed by atoms with Crippen molar-refractivity contribution in [3.8, 4) is 11.5 Å². The number of amides is 2. The second-order valence-corrected chi connectivity index (χ2v) is 9.99. The molecule has 0 atom stereocenters. The minimum atomic E-state index is -0.386. The van der Waals surface area contributed by atoms with Gasteiger partial charge in [-0.05, 0) is 72.6 Å². The number of carbonyl (C=O) groups excluding carboxylic acids is 2. The number of ether oxygens (including phenoxy) is 1. The van der Waals surface area contributed by atoms with E-state index in [1.807, 2.05) is 18.2 Å². The number of phenolic OH excluding ortho intramolecular Hbond substituents is 1. The van der Waals surface area contributed by atoms with Crippen LogP contribution in [0.25, 0.3) is 0 Å². The Morgan fingerprint density at radius 3 is 2.15 bits per heavy atom. The van der Waals surface area contributed by atoms with E-state index in [2.05, 4.69) is 44.7 Å². The third kappa shape index (κ3) is 7.04. The summed E-state index contributed by atoms with van der Waals surface area (Å²) in [5.41, 5.74) is 3.68. The van der Waals surface area contributed by atoms with Gasteiger partial charge < -0.3 is 25.4 Å². The number of methoxy groups -OCH3 is 1. The average Bonchev–Trinajstić information content (AvgIpc) is 3.25. The molecule has 1 heterocycles. The van der Waals surface area contributed by atoms with Gasteiger partial charge >= 0.3 is 0 Å². The zero-order valence-corrected chi connectivity index (χ0v) is 23.0. The summed E-state index contributed by atoms with van der Waals surface area (Å²) in [6, 6.07) is 29.4. The minimum Gasteiger partial charge on any atom is -0.506 e. The molecule has 0 radical (unpaired) electrons. The van der Waals surface area contributed by atoms with Crippen molar-refractivity contribution >= 4 is 28.9 Å². The van der Waals surface area contributed by atoms with E-state index < -0.39 is 0 Å². The quantitative estimate of drug-likeness (QED) is 0.247. The first-order valence-electron chi connectivity index (χ1n) is 13.7. The van der Waals surface area contributed by atoms with Gasteiger partial charge in [0.25, 0.3) is 11.8 Å². The van der Waals surface area contributed by atoms with Crippen molar-refractivity contribution in [1.82, 2.24) is 4.90 Å². The number of rotatable bonds is 8. The molecule has 8 nitrogen and oxygen atoms in total. The van der Waals surface area contributed by atoms with E-state index in [1.54, 1.807) is 55.6 Å². The van der Waals surface area contributed by atoms with Crippen molar-refractivity contribution in [2.75, 3.05) is 48.8 Å². The first kappa shape index (κ1) is 27.7. The molecule has 0 unspecified atom stereocenters. The lowest BCUT2D eigenvalue weighted by Crippen LogP contribution is -2.30. The molecule has 210 valence electrons. The normalized spacial score (nSPS) is 13.7. The van der Waals surface area contributed by atoms with Crippen LogP contribution in [0, 0.1) is 0 Å². The van der Waals surface area contributed by atoms with Crippen LogP contribution >= 0.6 is 0 Å². The zero-order chi connectivity index (χ0) is 28.6. The fraction of sp³-hybridized carbons (Fsp3) is 0.212. The van der Waals surface area contributed by atoms with Crippen molar-refractivity contribution in [1.29, 1.82) is 0 Å². The smallest absolute Gasteiger partial charge is 0.255 e. The highest BCUT2D eigenvalue weighted by Crippen LogP contribution is 2.32. The lowest BCUT2D eigenvalue weighted by Gasteiger charge is -2.24. The van der Waals surface area contributed by atoms with Crippen molar-refractivity contribution in [3.63, 3.8) is 0 Å². The topological polar surface area (TPSA) is 94.1 Å². The van der Waals surface area contributed by atoms with Gasteiger partial charge in [-0.25, -0.2) is 0 Å². The number of carbonyl (C=O) groups is 2. The standard InChI is InChI=1S/C33H34N4O4/c1-41-28-17-13-26(14-18-28)32(39)34-29-9-5-10-30(38)31(29)35-33(40)25-11-15-27(16-12-25)37-20-6-19-36(21-22-37)23-24-7-3-2-4-8-24/h2-5,7-18,38H,6,19-23H2,1H3,(H,34,39)(H,35,40). The van der Waals surface area contributed by atoms with Crippen LogP contribution in [0.4, 0.5) is 17.1 Å². The number of hydrogen-bond acceptors (Lipinski definition) is 6. The molecular formula is C33H34N4O4. The number of phenols is 1. The molecule has 2 amide bonds. The Morgan fingerprint density at radius 2 is 1.44 bits per heavy atom. The lowest BCUT2D eigenvalue weighted by molar-refractivity contribution is 0.101. The Balaban J connectivity index is 1.22. The maximum Gasteiger partial charge on any atom is 0.255 e. The molecule has 3 N–H and O–H groups in total. The molecule has 0 spiro atoms. The molecule has 5 rings (SSSR count). The van der Waals surface area contributed by atoms with Crippen LogP contribution in [0.5, 0.6) is 11.5 Å². The predicted octanol–water partition coefficient (Wildman–Crippen LogP) is 5.62. The molecule has 0 saturated carbocycles. The summed E-state index contributed by atoms with van der Waals surface area (Å²) >= 11 is 0. The van der Waals surface area contributed by atoms with Gasteiger partial charge in [-0.15, -0.1) is 0 Å². The maximum atomic E-state index is 13.1. The van der Waals surface area contributed by atoms with E-state index in [-0.39, 0.29) is 23.3 Å². The monoisotopic (exact) mass is 550 g/mol. The van der Waals surface area contributed by atoms with E-state index in [0.717, 1.165) is 44.8 Å². The molecule has 1 saturated heterocycles. The van der Waals surface area contributed by atoms with Gasteiger partial charge in [-0.2, -0.15) is 0 Å². The summed E-state index contributed by atoms with van der Waals surface area (Å²) in [6.45, 7) is 4.82. The van der Waals surface area contributed by atoms with E-state index in [0.29, 0.717) is 22.6 Å². The number of benzene rings is 4. The Morgan fingerprint density at radius 1 is 0.756 bits per heavy atom. The lowest BCUT2D eigenvalue weighted by atomic mass is 10.1. The maximum absolute atomic E-state index is 13.1. The van der Waals surface area contributed by atoms with Crippen molar-refractivity contribution < 1.29 is 19.4 Å². The van der Waals surface area contributed by atoms with Crippen LogP contribution in [0.1, 0.15) is 32.7 Å². The van der Waals surface area contributed by atoms with Crippen molar-refractivity contribution in [3.05, 3.63) is 114 Å². The average molecular weight is 551 g/mol. The van der Waals surface area contributed by atoms with Gasteiger partial charge in [0.1, 0.15) is 17.2 Å². The molecule has 41 heavy (non-hydrogen) atoms. The largest absolute Gasteiger partial charge is 0.506 e. The fourth-order valence-corrected chi connectivity index (χ4v) is 4.95. The van der Waals surface area contributed by atoms with Gasteiger partial charge in [0.2, 0.25) is 0 Å². The van der Waals surface area contributed by atoms with Gasteiger partial charge in [0, 0.05) is 49.5 Å². The number of para-hydroxylation sites is 1. The summed E-state index contributed by atoms with van der Waals surface area (Å²) in [7, 11) is 1.56. The number of aromatic hydroxyl groups is 1. The summed E-state index contributed by atoms with van der Waals surface area (Å²) in [4.78, 5) is 30.8. The third-order valence-electron chi connectivity index (χ3n) is 7.21. The van der Waals surface area contributed by atoms with Crippen LogP contribution in [-0.4, -0.2) is 55.1 Å². The Bertz CT molecular complexity index is 1470. The summed E-state index contributed by atoms with van der Waals surface area (Å²) < 4.78 is 5.14. The van der Waals surface area contributed by atoms with E-state index in [1.165, 1.54) is 11.6 Å². The van der Waals surface area contributed by atoms with Crippen LogP contribution in [0.15, 0.2) is 97.1 Å². The molecule has 1 aliphatic heterocycles. The molecule has 1 fully saturated rings. The molecule has 4 aromatic rings. The molecule has 8 heteroatoms. The molecule has 0 aromatic heterocycles. The number of anilines is 3. The van der Waals surface area contributed by atoms with E-state index >= 15 is 0 Å². The zero-order valence-electron chi connectivity index (χ0n) is 23.0. The number of nitrogens with one attached hydrogen (secondary N) is 2. The highest BCUT2D eigenvalue weighted by molar-refractivity contribution is 6.11. The first-order chi connectivity index (χ1) is 20.0. The summed E-state index contributed by atoms with van der Waals surface area (Å²) in [5.74, 6) is -0.272. The Hall–Kier alpha value is -4.82. The van der Waals surface area contributed by atoms with E-state index in [4.69, 9.17) is 4.74 Å². The van der Waals surface area contributed by atoms with Crippen molar-refractivity contribution in [2.45, 2.75) is 13.0 Å². The second kappa shape index (κ2) is 13.0.